The summed E-state index contributed by atoms with van der Waals surface area (Å²) in [5.74, 6) is 0.314. The van der Waals surface area contributed by atoms with Crippen molar-refractivity contribution >= 4 is 17.6 Å². The Labute approximate surface area is 143 Å². The van der Waals surface area contributed by atoms with Crippen molar-refractivity contribution in [3.8, 4) is 0 Å². The maximum atomic E-state index is 12.2. The number of hydrogen-bond donors (Lipinski definition) is 2. The van der Waals surface area contributed by atoms with Gasteiger partial charge in [-0.2, -0.15) is 0 Å². The Bertz CT molecular complexity index is 579. The van der Waals surface area contributed by atoms with Crippen LogP contribution in [0.3, 0.4) is 0 Å². The second-order valence-corrected chi connectivity index (χ2v) is 7.10. The van der Waals surface area contributed by atoms with E-state index in [1.54, 1.807) is 0 Å². The van der Waals surface area contributed by atoms with E-state index < -0.39 is 0 Å². The normalized spacial score (nSPS) is 21.8. The first-order valence-electron chi connectivity index (χ1n) is 9.03. The number of aryl methyl sites for hydroxylation is 1. The van der Waals surface area contributed by atoms with Gasteiger partial charge in [-0.3, -0.25) is 4.79 Å². The van der Waals surface area contributed by atoms with E-state index in [9.17, 15) is 9.59 Å². The van der Waals surface area contributed by atoms with Crippen LogP contribution in [0.25, 0.3) is 0 Å². The molecule has 3 rings (SSSR count). The van der Waals surface area contributed by atoms with Crippen LogP contribution in [0.1, 0.15) is 44.1 Å². The number of rotatable bonds is 4. The molecule has 2 aliphatic rings. The van der Waals surface area contributed by atoms with Crippen LogP contribution in [-0.2, 0) is 4.79 Å². The summed E-state index contributed by atoms with van der Waals surface area (Å²) >= 11 is 0. The number of benzene rings is 1. The molecule has 1 saturated heterocycles. The molecular formula is C19H27N3O2. The molecule has 0 unspecified atom stereocenters. The summed E-state index contributed by atoms with van der Waals surface area (Å²) < 4.78 is 0. The third-order valence-corrected chi connectivity index (χ3v) is 5.04. The average molecular weight is 329 g/mol. The number of nitrogens with one attached hydrogen (secondary N) is 2. The van der Waals surface area contributed by atoms with Gasteiger partial charge in [0.25, 0.3) is 0 Å². The third-order valence-electron chi connectivity index (χ3n) is 5.04. The van der Waals surface area contributed by atoms with Gasteiger partial charge >= 0.3 is 6.03 Å². The van der Waals surface area contributed by atoms with E-state index in [4.69, 9.17) is 0 Å². The van der Waals surface area contributed by atoms with Crippen LogP contribution in [0.5, 0.6) is 0 Å². The van der Waals surface area contributed by atoms with Crippen LogP contribution in [-0.4, -0.2) is 31.1 Å². The zero-order chi connectivity index (χ0) is 16.9. The number of carbonyl (C=O) groups excluding carboxylic acids is 2. The molecule has 1 atom stereocenters. The molecule has 130 valence electrons. The number of amides is 3. The molecule has 1 saturated carbocycles. The van der Waals surface area contributed by atoms with Crippen molar-refractivity contribution < 1.29 is 9.59 Å². The SMILES string of the molecule is Cc1ccc(N2C[C@H](CNC(=O)NC3CCCCC3)CC2=O)cc1. The number of hydrogen-bond acceptors (Lipinski definition) is 2. The predicted molar refractivity (Wildman–Crippen MR) is 95.0 cm³/mol. The van der Waals surface area contributed by atoms with Crippen molar-refractivity contribution in [2.45, 2.75) is 51.5 Å². The topological polar surface area (TPSA) is 61.4 Å². The summed E-state index contributed by atoms with van der Waals surface area (Å²) in [6.45, 7) is 3.26. The average Bonchev–Trinajstić information content (AvgIpc) is 2.95. The summed E-state index contributed by atoms with van der Waals surface area (Å²) in [4.78, 5) is 26.1. The molecule has 1 aliphatic carbocycles. The summed E-state index contributed by atoms with van der Waals surface area (Å²) in [6, 6.07) is 8.23. The molecule has 1 aromatic carbocycles. The van der Waals surface area contributed by atoms with Crippen LogP contribution in [0.15, 0.2) is 24.3 Å². The number of nitrogens with zero attached hydrogens (tertiary/aromatic N) is 1. The second kappa shape index (κ2) is 7.69. The highest BCUT2D eigenvalue weighted by Gasteiger charge is 2.30. The number of urea groups is 1. The zero-order valence-corrected chi connectivity index (χ0v) is 14.4. The van der Waals surface area contributed by atoms with Crippen LogP contribution < -0.4 is 15.5 Å². The van der Waals surface area contributed by atoms with Crippen LogP contribution in [0.4, 0.5) is 10.5 Å². The van der Waals surface area contributed by atoms with Gasteiger partial charge in [0.15, 0.2) is 0 Å². The molecule has 0 bridgehead atoms. The summed E-state index contributed by atoms with van der Waals surface area (Å²) in [5, 5.41) is 6.00. The van der Waals surface area contributed by atoms with E-state index in [-0.39, 0.29) is 17.9 Å². The van der Waals surface area contributed by atoms with Gasteiger partial charge in [0.2, 0.25) is 5.91 Å². The minimum absolute atomic E-state index is 0.0943. The highest BCUT2D eigenvalue weighted by molar-refractivity contribution is 5.95. The van der Waals surface area contributed by atoms with Crippen LogP contribution in [0.2, 0.25) is 0 Å². The van der Waals surface area contributed by atoms with Crippen molar-refractivity contribution in [1.82, 2.24) is 10.6 Å². The minimum atomic E-state index is -0.0943. The lowest BCUT2D eigenvalue weighted by molar-refractivity contribution is -0.117. The van der Waals surface area contributed by atoms with Crippen molar-refractivity contribution in [3.05, 3.63) is 29.8 Å². The molecule has 1 aromatic rings. The largest absolute Gasteiger partial charge is 0.338 e. The predicted octanol–water partition coefficient (Wildman–Crippen LogP) is 2.98. The minimum Gasteiger partial charge on any atom is -0.338 e. The van der Waals surface area contributed by atoms with Gasteiger partial charge in [-0.15, -0.1) is 0 Å². The van der Waals surface area contributed by atoms with Crippen molar-refractivity contribution in [3.63, 3.8) is 0 Å². The quantitative estimate of drug-likeness (QED) is 0.892. The Morgan fingerprint density at radius 2 is 1.88 bits per heavy atom. The first kappa shape index (κ1) is 16.8. The Hall–Kier alpha value is -2.04. The molecule has 2 fully saturated rings. The van der Waals surface area contributed by atoms with Gasteiger partial charge in [0.1, 0.15) is 0 Å². The van der Waals surface area contributed by atoms with E-state index in [0.717, 1.165) is 18.5 Å². The highest BCUT2D eigenvalue weighted by Crippen LogP contribution is 2.25. The van der Waals surface area contributed by atoms with E-state index in [1.165, 1.54) is 24.8 Å². The van der Waals surface area contributed by atoms with E-state index in [1.807, 2.05) is 36.1 Å². The summed E-state index contributed by atoms with van der Waals surface area (Å²) in [6.07, 6.45) is 6.34. The van der Waals surface area contributed by atoms with Crippen molar-refractivity contribution in [2.24, 2.45) is 5.92 Å². The smallest absolute Gasteiger partial charge is 0.315 e. The molecule has 5 nitrogen and oxygen atoms in total. The van der Waals surface area contributed by atoms with Gasteiger partial charge in [0, 0.05) is 37.2 Å². The Morgan fingerprint density at radius 3 is 2.58 bits per heavy atom. The van der Waals surface area contributed by atoms with Gasteiger partial charge in [-0.25, -0.2) is 4.79 Å². The Kier molecular flexibility index (Phi) is 5.38. The van der Waals surface area contributed by atoms with Crippen LogP contribution >= 0.6 is 0 Å². The van der Waals surface area contributed by atoms with Crippen molar-refractivity contribution in [2.75, 3.05) is 18.0 Å². The van der Waals surface area contributed by atoms with Gasteiger partial charge in [-0.05, 0) is 31.9 Å². The molecule has 24 heavy (non-hydrogen) atoms. The van der Waals surface area contributed by atoms with Gasteiger partial charge in [0.05, 0.1) is 0 Å². The molecule has 2 N–H and O–H groups in total. The molecule has 0 radical (unpaired) electrons. The maximum Gasteiger partial charge on any atom is 0.315 e. The monoisotopic (exact) mass is 329 g/mol. The van der Waals surface area contributed by atoms with Crippen molar-refractivity contribution in [1.29, 1.82) is 0 Å². The highest BCUT2D eigenvalue weighted by atomic mass is 16.2. The third kappa shape index (κ3) is 4.28. The molecule has 1 aliphatic heterocycles. The van der Waals surface area contributed by atoms with Crippen LogP contribution in [0, 0.1) is 12.8 Å². The fourth-order valence-corrected chi connectivity index (χ4v) is 3.61. The fourth-order valence-electron chi connectivity index (χ4n) is 3.61. The first-order valence-corrected chi connectivity index (χ1v) is 9.03. The lowest BCUT2D eigenvalue weighted by atomic mass is 9.96. The molecular weight excluding hydrogens is 302 g/mol. The lowest BCUT2D eigenvalue weighted by Crippen LogP contribution is -2.44. The van der Waals surface area contributed by atoms with E-state index >= 15 is 0 Å². The fraction of sp³-hybridized carbons (Fsp3) is 0.579. The number of anilines is 1. The first-order chi connectivity index (χ1) is 11.6. The van der Waals surface area contributed by atoms with E-state index in [2.05, 4.69) is 10.6 Å². The van der Waals surface area contributed by atoms with Gasteiger partial charge < -0.3 is 15.5 Å². The molecule has 3 amide bonds. The maximum absolute atomic E-state index is 12.2. The molecule has 1 heterocycles. The second-order valence-electron chi connectivity index (χ2n) is 7.10. The molecule has 0 spiro atoms. The lowest BCUT2D eigenvalue weighted by Gasteiger charge is -2.23. The van der Waals surface area contributed by atoms with Gasteiger partial charge in [-0.1, -0.05) is 37.0 Å². The standard InChI is InChI=1S/C19H27N3O2/c1-14-7-9-17(10-8-14)22-13-15(11-18(22)23)12-20-19(24)21-16-5-3-2-4-6-16/h7-10,15-16H,2-6,11-13H2,1H3,(H2,20,21,24)/t15-/m0/s1. The zero-order valence-electron chi connectivity index (χ0n) is 14.4. The Balaban J connectivity index is 1.45. The summed E-state index contributed by atoms with van der Waals surface area (Å²) in [5.41, 5.74) is 2.13. The van der Waals surface area contributed by atoms with E-state index in [0.29, 0.717) is 25.6 Å². The summed E-state index contributed by atoms with van der Waals surface area (Å²) in [7, 11) is 0. The molecule has 0 aromatic heterocycles. The Morgan fingerprint density at radius 1 is 1.17 bits per heavy atom. The molecule has 5 heteroatoms. The number of carbonyl (C=O) groups is 2.